The third-order valence-electron chi connectivity index (χ3n) is 3.73. The Morgan fingerprint density at radius 1 is 1.09 bits per heavy atom. The van der Waals surface area contributed by atoms with E-state index in [0.29, 0.717) is 19.6 Å². The number of rotatable bonds is 5. The zero-order chi connectivity index (χ0) is 16.1. The number of amidine groups is 1. The Balaban J connectivity index is 1.41. The molecule has 2 N–H and O–H groups in total. The fourth-order valence-electron chi connectivity index (χ4n) is 2.53. The van der Waals surface area contributed by atoms with E-state index in [-0.39, 0.29) is 11.5 Å². The van der Waals surface area contributed by atoms with Crippen LogP contribution in [0.5, 0.6) is 0 Å². The predicted molar refractivity (Wildman–Crippen MR) is 88.0 cm³/mol. The normalized spacial score (nSPS) is 12.5. The first-order valence-electron chi connectivity index (χ1n) is 7.65. The van der Waals surface area contributed by atoms with Gasteiger partial charge in [-0.15, -0.1) is 0 Å². The van der Waals surface area contributed by atoms with Crippen molar-refractivity contribution in [3.8, 4) is 0 Å². The highest BCUT2D eigenvalue weighted by Crippen LogP contribution is 2.16. The minimum atomic E-state index is -0.500. The van der Waals surface area contributed by atoms with Gasteiger partial charge in [0.25, 0.3) is 5.91 Å². The van der Waals surface area contributed by atoms with Gasteiger partial charge in [-0.3, -0.25) is 9.79 Å². The molecule has 1 aliphatic rings. The summed E-state index contributed by atoms with van der Waals surface area (Å²) in [5.74, 6) is 0.0210. The average molecular weight is 311 g/mol. The summed E-state index contributed by atoms with van der Waals surface area (Å²) in [6.07, 6.45) is 0.737. The number of hydrogen-bond donors (Lipinski definition) is 2. The number of carbonyl (C=O) groups excluding carboxylic acids is 1. The van der Waals surface area contributed by atoms with E-state index in [1.165, 1.54) is 17.7 Å². The largest absolute Gasteiger partial charge is 0.370 e. The van der Waals surface area contributed by atoms with Crippen LogP contribution < -0.4 is 10.6 Å². The molecule has 0 bridgehead atoms. The third kappa shape index (κ3) is 3.56. The van der Waals surface area contributed by atoms with Crippen LogP contribution in [0, 0.1) is 5.82 Å². The smallest absolute Gasteiger partial charge is 0.254 e. The summed E-state index contributed by atoms with van der Waals surface area (Å²) in [6.45, 7) is 1.89. The summed E-state index contributed by atoms with van der Waals surface area (Å²) >= 11 is 0. The van der Waals surface area contributed by atoms with Gasteiger partial charge in [-0.2, -0.15) is 0 Å². The van der Waals surface area contributed by atoms with E-state index in [4.69, 9.17) is 0 Å². The van der Waals surface area contributed by atoms with E-state index in [0.717, 1.165) is 17.8 Å². The van der Waals surface area contributed by atoms with Crippen molar-refractivity contribution in [2.75, 3.05) is 13.1 Å². The Bertz CT molecular complexity index is 743. The van der Waals surface area contributed by atoms with E-state index in [1.54, 1.807) is 12.1 Å². The summed E-state index contributed by atoms with van der Waals surface area (Å²) in [5.41, 5.74) is 2.44. The maximum absolute atomic E-state index is 13.5. The van der Waals surface area contributed by atoms with Crippen molar-refractivity contribution in [3.05, 3.63) is 71.0 Å². The van der Waals surface area contributed by atoms with Crippen molar-refractivity contribution < 1.29 is 9.18 Å². The zero-order valence-corrected chi connectivity index (χ0v) is 12.7. The number of nitrogens with one attached hydrogen (secondary N) is 2. The molecule has 4 nitrogen and oxygen atoms in total. The molecule has 0 radical (unpaired) electrons. The molecule has 23 heavy (non-hydrogen) atoms. The molecule has 5 heteroatoms. The van der Waals surface area contributed by atoms with E-state index in [1.807, 2.05) is 18.2 Å². The lowest BCUT2D eigenvalue weighted by Crippen LogP contribution is -2.30. The van der Waals surface area contributed by atoms with E-state index < -0.39 is 5.82 Å². The van der Waals surface area contributed by atoms with Crippen LogP contribution in [-0.2, 0) is 6.54 Å². The Morgan fingerprint density at radius 2 is 1.87 bits per heavy atom. The van der Waals surface area contributed by atoms with Crippen LogP contribution >= 0.6 is 0 Å². The number of amides is 1. The highest BCUT2D eigenvalue weighted by Gasteiger charge is 2.14. The van der Waals surface area contributed by atoms with Gasteiger partial charge < -0.3 is 10.6 Å². The number of fused-ring (bicyclic) bond motifs is 1. The Kier molecular flexibility index (Phi) is 4.66. The fourth-order valence-corrected chi connectivity index (χ4v) is 2.53. The summed E-state index contributed by atoms with van der Waals surface area (Å²) in [4.78, 5) is 16.3. The predicted octanol–water partition coefficient (Wildman–Crippen LogP) is 2.50. The quantitative estimate of drug-likeness (QED) is 0.834. The third-order valence-corrected chi connectivity index (χ3v) is 3.73. The molecule has 1 heterocycles. The lowest BCUT2D eigenvalue weighted by molar-refractivity contribution is 0.0949. The lowest BCUT2D eigenvalue weighted by atomic mass is 10.1. The van der Waals surface area contributed by atoms with Gasteiger partial charge in [0.2, 0.25) is 0 Å². The summed E-state index contributed by atoms with van der Waals surface area (Å²) in [7, 11) is 0. The molecule has 0 atom stereocenters. The molecule has 1 aliphatic heterocycles. The Hall–Kier alpha value is -2.69. The molecule has 3 rings (SSSR count). The summed E-state index contributed by atoms with van der Waals surface area (Å²) in [6, 6.07) is 14.1. The van der Waals surface area contributed by atoms with Crippen LogP contribution in [0.2, 0.25) is 0 Å². The second-order valence-electron chi connectivity index (χ2n) is 5.34. The highest BCUT2D eigenvalue weighted by atomic mass is 19.1. The number of aliphatic imine (C=N–C) groups is 1. The van der Waals surface area contributed by atoms with Crippen LogP contribution in [0.3, 0.4) is 0 Å². The van der Waals surface area contributed by atoms with Crippen molar-refractivity contribution in [1.29, 1.82) is 0 Å². The van der Waals surface area contributed by atoms with Crippen LogP contribution in [-0.4, -0.2) is 24.8 Å². The van der Waals surface area contributed by atoms with Crippen LogP contribution in [0.4, 0.5) is 4.39 Å². The first kappa shape index (κ1) is 15.2. The molecule has 0 fully saturated rings. The molecule has 0 aliphatic carbocycles. The maximum atomic E-state index is 13.5. The SMILES string of the molecule is O=C(NCCCNC1=NCc2ccccc21)c1ccccc1F. The molecule has 1 amide bonds. The van der Waals surface area contributed by atoms with E-state index in [9.17, 15) is 9.18 Å². The van der Waals surface area contributed by atoms with E-state index in [2.05, 4.69) is 21.7 Å². The van der Waals surface area contributed by atoms with Crippen LogP contribution in [0.15, 0.2) is 53.5 Å². The average Bonchev–Trinajstić information content (AvgIpc) is 2.98. The van der Waals surface area contributed by atoms with Gasteiger partial charge in [0.05, 0.1) is 12.1 Å². The first-order chi connectivity index (χ1) is 11.3. The molecule has 0 aromatic heterocycles. The number of benzene rings is 2. The molecular weight excluding hydrogens is 293 g/mol. The van der Waals surface area contributed by atoms with Gasteiger partial charge in [-0.1, -0.05) is 36.4 Å². The van der Waals surface area contributed by atoms with Gasteiger partial charge in [0, 0.05) is 18.7 Å². The molecule has 118 valence electrons. The lowest BCUT2D eigenvalue weighted by Gasteiger charge is -2.09. The van der Waals surface area contributed by atoms with Crippen LogP contribution in [0.1, 0.15) is 27.9 Å². The van der Waals surface area contributed by atoms with E-state index >= 15 is 0 Å². The van der Waals surface area contributed by atoms with Crippen molar-refractivity contribution in [3.63, 3.8) is 0 Å². The maximum Gasteiger partial charge on any atom is 0.254 e. The fraction of sp³-hybridized carbons (Fsp3) is 0.222. The first-order valence-corrected chi connectivity index (χ1v) is 7.65. The topological polar surface area (TPSA) is 53.5 Å². The number of hydrogen-bond acceptors (Lipinski definition) is 3. The molecule has 0 saturated heterocycles. The highest BCUT2D eigenvalue weighted by molar-refractivity contribution is 6.01. The summed E-state index contributed by atoms with van der Waals surface area (Å²) in [5, 5.41) is 6.01. The van der Waals surface area contributed by atoms with Crippen molar-refractivity contribution >= 4 is 11.7 Å². The minimum absolute atomic E-state index is 0.0783. The molecular formula is C18H18FN3O. The molecule has 0 saturated carbocycles. The Labute approximate surface area is 134 Å². The second kappa shape index (κ2) is 7.05. The minimum Gasteiger partial charge on any atom is -0.370 e. The van der Waals surface area contributed by atoms with Gasteiger partial charge in [0.1, 0.15) is 11.7 Å². The van der Waals surface area contributed by atoms with Crippen molar-refractivity contribution in [2.45, 2.75) is 13.0 Å². The monoisotopic (exact) mass is 311 g/mol. The number of carbonyl (C=O) groups is 1. The molecule has 0 spiro atoms. The zero-order valence-electron chi connectivity index (χ0n) is 12.7. The van der Waals surface area contributed by atoms with Gasteiger partial charge in [-0.05, 0) is 24.1 Å². The second-order valence-corrected chi connectivity index (χ2v) is 5.34. The van der Waals surface area contributed by atoms with Gasteiger partial charge in [-0.25, -0.2) is 4.39 Å². The number of nitrogens with zero attached hydrogens (tertiary/aromatic N) is 1. The standard InChI is InChI=1S/C18H18FN3O/c19-16-9-4-3-8-15(16)18(23)21-11-5-10-20-17-14-7-2-1-6-13(14)12-22-17/h1-4,6-9H,5,10-12H2,(H,20,22)(H,21,23). The molecule has 0 unspecified atom stereocenters. The van der Waals surface area contributed by atoms with Crippen molar-refractivity contribution in [2.24, 2.45) is 4.99 Å². The number of halogens is 1. The molecule has 2 aromatic carbocycles. The Morgan fingerprint density at radius 3 is 2.74 bits per heavy atom. The molecule has 2 aromatic rings. The van der Waals surface area contributed by atoms with Crippen molar-refractivity contribution in [1.82, 2.24) is 10.6 Å². The summed E-state index contributed by atoms with van der Waals surface area (Å²) < 4.78 is 13.5. The van der Waals surface area contributed by atoms with Gasteiger partial charge >= 0.3 is 0 Å². The van der Waals surface area contributed by atoms with Gasteiger partial charge in [0.15, 0.2) is 0 Å². The van der Waals surface area contributed by atoms with Crippen LogP contribution in [0.25, 0.3) is 0 Å².